The van der Waals surface area contributed by atoms with Crippen LogP contribution >= 0.6 is 11.6 Å². The summed E-state index contributed by atoms with van der Waals surface area (Å²) in [7, 11) is 0. The summed E-state index contributed by atoms with van der Waals surface area (Å²) in [6.07, 6.45) is 5.36. The summed E-state index contributed by atoms with van der Waals surface area (Å²) in [5, 5.41) is 4.55. The highest BCUT2D eigenvalue weighted by Crippen LogP contribution is 2.27. The highest BCUT2D eigenvalue weighted by Gasteiger charge is 2.16. The van der Waals surface area contributed by atoms with E-state index in [0.29, 0.717) is 46.2 Å². The first-order valence-corrected chi connectivity index (χ1v) is 11.7. The van der Waals surface area contributed by atoms with Gasteiger partial charge in [-0.05, 0) is 43.2 Å². The summed E-state index contributed by atoms with van der Waals surface area (Å²) in [5.41, 5.74) is 9.47. The monoisotopic (exact) mass is 480 g/mol. The molecule has 0 unspecified atom stereocenters. The molecule has 180 valence electrons. The van der Waals surface area contributed by atoms with Crippen LogP contribution in [0, 0.1) is 5.92 Å². The molecule has 3 rings (SSSR count). The second-order valence-corrected chi connectivity index (χ2v) is 9.94. The Bertz CT molecular complexity index is 1200. The van der Waals surface area contributed by atoms with E-state index in [1.165, 1.54) is 0 Å². The van der Waals surface area contributed by atoms with Gasteiger partial charge < -0.3 is 15.8 Å². The number of hydrogen-bond acceptors (Lipinski definition) is 7. The molecule has 8 heteroatoms. The van der Waals surface area contributed by atoms with Crippen molar-refractivity contribution in [1.82, 2.24) is 19.9 Å². The molecule has 3 aromatic heterocycles. The van der Waals surface area contributed by atoms with Gasteiger partial charge in [-0.25, -0.2) is 15.0 Å². The van der Waals surface area contributed by atoms with E-state index in [-0.39, 0.29) is 12.0 Å². The van der Waals surface area contributed by atoms with Crippen LogP contribution in [0.2, 0.25) is 0 Å². The van der Waals surface area contributed by atoms with Crippen molar-refractivity contribution in [3.05, 3.63) is 64.9 Å². The molecular formula is C26H33ClN6O. The van der Waals surface area contributed by atoms with E-state index < -0.39 is 0 Å². The molecule has 0 fully saturated rings. The number of nitrogens with one attached hydrogen (secondary N) is 1. The molecule has 3 aromatic rings. The van der Waals surface area contributed by atoms with E-state index in [9.17, 15) is 0 Å². The van der Waals surface area contributed by atoms with Crippen LogP contribution in [0.25, 0.3) is 16.7 Å². The molecule has 34 heavy (non-hydrogen) atoms. The lowest BCUT2D eigenvalue weighted by Crippen LogP contribution is -2.13. The molecule has 0 radical (unpaired) electrons. The van der Waals surface area contributed by atoms with Crippen molar-refractivity contribution in [3.8, 4) is 0 Å². The Morgan fingerprint density at radius 1 is 1.15 bits per heavy atom. The summed E-state index contributed by atoms with van der Waals surface area (Å²) in [6, 6.07) is 7.72. The van der Waals surface area contributed by atoms with Crippen molar-refractivity contribution >= 4 is 39.8 Å². The Morgan fingerprint density at radius 3 is 2.53 bits per heavy atom. The number of nitrogens with two attached hydrogens (primary N) is 1. The van der Waals surface area contributed by atoms with Gasteiger partial charge in [0.2, 0.25) is 0 Å². The van der Waals surface area contributed by atoms with Crippen molar-refractivity contribution in [2.24, 2.45) is 11.7 Å². The van der Waals surface area contributed by atoms with Gasteiger partial charge in [-0.3, -0.25) is 4.98 Å². The van der Waals surface area contributed by atoms with E-state index in [4.69, 9.17) is 27.1 Å². The normalized spacial score (nSPS) is 13.1. The Balaban J connectivity index is 2.03. The third-order valence-corrected chi connectivity index (χ3v) is 5.26. The fourth-order valence-corrected chi connectivity index (χ4v) is 3.38. The second kappa shape index (κ2) is 10.9. The van der Waals surface area contributed by atoms with Crippen molar-refractivity contribution in [1.29, 1.82) is 0 Å². The molecule has 7 nitrogen and oxygen atoms in total. The van der Waals surface area contributed by atoms with Crippen LogP contribution in [0.3, 0.4) is 0 Å². The van der Waals surface area contributed by atoms with Gasteiger partial charge in [-0.2, -0.15) is 0 Å². The zero-order chi connectivity index (χ0) is 24.9. The topological polar surface area (TPSA) is 98.8 Å². The van der Waals surface area contributed by atoms with E-state index >= 15 is 0 Å². The number of aromatic nitrogens is 4. The fraction of sp³-hybridized carbons (Fsp3) is 0.385. The third kappa shape index (κ3) is 6.52. The highest BCUT2D eigenvalue weighted by atomic mass is 35.5. The maximum Gasteiger partial charge on any atom is 0.165 e. The standard InChI is InChI=1S/C26H33ClN6O/c1-7-8-19(27)23(28)20-11-10-18-24(30-17-9-12-21(29-13-17)26(4,5)6)32-22(33-25(18)31-20)15-34-14-16(2)3/h7-13,16H,14-15,28H2,1-6H3,(H,30,31,32,33)/b8-7-,23-19+. The fourth-order valence-electron chi connectivity index (χ4n) is 3.16. The number of anilines is 2. The molecule has 0 amide bonds. The summed E-state index contributed by atoms with van der Waals surface area (Å²) in [4.78, 5) is 18.6. The number of ether oxygens (including phenoxy) is 1. The van der Waals surface area contributed by atoms with Crippen molar-refractivity contribution in [3.63, 3.8) is 0 Å². The summed E-state index contributed by atoms with van der Waals surface area (Å²) in [5.74, 6) is 1.56. The van der Waals surface area contributed by atoms with Crippen LogP contribution in [0.15, 0.2) is 47.6 Å². The number of hydrogen-bond donors (Lipinski definition) is 2. The zero-order valence-corrected chi connectivity index (χ0v) is 21.4. The first kappa shape index (κ1) is 25.6. The SMILES string of the molecule is C/C=C\C(Cl)=C(/N)c1ccc2c(Nc3ccc(C(C)(C)C)nc3)nc(COCC(C)C)nc2n1. The van der Waals surface area contributed by atoms with Crippen LogP contribution in [-0.4, -0.2) is 26.5 Å². The third-order valence-electron chi connectivity index (χ3n) is 4.93. The average molecular weight is 481 g/mol. The van der Waals surface area contributed by atoms with Gasteiger partial charge >= 0.3 is 0 Å². The summed E-state index contributed by atoms with van der Waals surface area (Å²) < 4.78 is 5.78. The number of fused-ring (bicyclic) bond motifs is 1. The number of nitrogens with zero attached hydrogens (tertiary/aromatic N) is 4. The Hall–Kier alpha value is -3.03. The van der Waals surface area contributed by atoms with E-state index in [2.05, 4.69) is 54.9 Å². The lowest BCUT2D eigenvalue weighted by molar-refractivity contribution is 0.0925. The molecule has 0 bridgehead atoms. The minimum atomic E-state index is -0.0247. The van der Waals surface area contributed by atoms with Crippen molar-refractivity contribution in [2.75, 3.05) is 11.9 Å². The molecule has 3 heterocycles. The largest absolute Gasteiger partial charge is 0.396 e. The zero-order valence-electron chi connectivity index (χ0n) is 20.7. The second-order valence-electron chi connectivity index (χ2n) is 9.53. The van der Waals surface area contributed by atoms with Gasteiger partial charge in [0.15, 0.2) is 11.5 Å². The summed E-state index contributed by atoms with van der Waals surface area (Å²) in [6.45, 7) is 13.4. The molecular weight excluding hydrogens is 448 g/mol. The molecule has 0 aliphatic heterocycles. The average Bonchev–Trinajstić information content (AvgIpc) is 2.78. The van der Waals surface area contributed by atoms with Gasteiger partial charge in [0.1, 0.15) is 12.4 Å². The van der Waals surface area contributed by atoms with Crippen molar-refractivity contribution < 1.29 is 4.74 Å². The summed E-state index contributed by atoms with van der Waals surface area (Å²) >= 11 is 6.29. The molecule has 0 aliphatic rings. The first-order valence-electron chi connectivity index (χ1n) is 11.4. The Labute approximate surface area is 206 Å². The maximum absolute atomic E-state index is 6.29. The van der Waals surface area contributed by atoms with Crippen LogP contribution in [-0.2, 0) is 16.8 Å². The minimum Gasteiger partial charge on any atom is -0.396 e. The Kier molecular flexibility index (Phi) is 8.23. The van der Waals surface area contributed by atoms with E-state index in [1.807, 2.05) is 43.5 Å². The van der Waals surface area contributed by atoms with Crippen molar-refractivity contribution in [2.45, 2.75) is 53.6 Å². The number of allylic oxidation sites excluding steroid dienone is 3. The van der Waals surface area contributed by atoms with Crippen LogP contribution in [0.4, 0.5) is 11.5 Å². The van der Waals surface area contributed by atoms with Gasteiger partial charge in [0.25, 0.3) is 0 Å². The lowest BCUT2D eigenvalue weighted by atomic mass is 9.92. The van der Waals surface area contributed by atoms with Crippen LogP contribution in [0.5, 0.6) is 0 Å². The van der Waals surface area contributed by atoms with Gasteiger partial charge in [0, 0.05) is 17.7 Å². The predicted octanol–water partition coefficient (Wildman–Crippen LogP) is 6.08. The predicted molar refractivity (Wildman–Crippen MR) is 140 cm³/mol. The molecule has 0 aliphatic carbocycles. The van der Waals surface area contributed by atoms with Crippen LogP contribution < -0.4 is 11.1 Å². The lowest BCUT2D eigenvalue weighted by Gasteiger charge is -2.18. The van der Waals surface area contributed by atoms with E-state index in [0.717, 1.165) is 16.8 Å². The first-order chi connectivity index (χ1) is 16.1. The Morgan fingerprint density at radius 2 is 1.91 bits per heavy atom. The minimum absolute atomic E-state index is 0.0247. The number of halogens is 1. The molecule has 0 atom stereocenters. The molecule has 0 aromatic carbocycles. The smallest absolute Gasteiger partial charge is 0.165 e. The quantitative estimate of drug-likeness (QED) is 0.377. The molecule has 0 spiro atoms. The molecule has 3 N–H and O–H groups in total. The maximum atomic E-state index is 6.29. The van der Waals surface area contributed by atoms with Gasteiger partial charge in [-0.15, -0.1) is 0 Å². The molecule has 0 saturated heterocycles. The van der Waals surface area contributed by atoms with Crippen LogP contribution in [0.1, 0.15) is 58.8 Å². The van der Waals surface area contributed by atoms with E-state index in [1.54, 1.807) is 6.08 Å². The van der Waals surface area contributed by atoms with Gasteiger partial charge in [0.05, 0.1) is 33.7 Å². The van der Waals surface area contributed by atoms with Gasteiger partial charge in [-0.1, -0.05) is 52.3 Å². The highest BCUT2D eigenvalue weighted by molar-refractivity contribution is 6.34. The molecule has 0 saturated carbocycles. The number of pyridine rings is 2. The number of rotatable bonds is 8.